The predicted octanol–water partition coefficient (Wildman–Crippen LogP) is 2.53. The van der Waals surface area contributed by atoms with Gasteiger partial charge in [0, 0.05) is 57.4 Å². The van der Waals surface area contributed by atoms with Crippen LogP contribution in [-0.2, 0) is 41.8 Å². The van der Waals surface area contributed by atoms with Crippen molar-refractivity contribution in [3.63, 3.8) is 0 Å². The van der Waals surface area contributed by atoms with Crippen molar-refractivity contribution in [1.82, 2.24) is 19.4 Å². The number of benzene rings is 3. The number of amides is 4. The molecule has 3 saturated heterocycles. The zero-order valence-electron chi connectivity index (χ0n) is 32.2. The fourth-order valence-electron chi connectivity index (χ4n) is 7.58. The highest BCUT2D eigenvalue weighted by atomic mass is 32.2. The van der Waals surface area contributed by atoms with Gasteiger partial charge in [0.25, 0.3) is 27.7 Å². The molecule has 0 radical (unpaired) electrons. The summed E-state index contributed by atoms with van der Waals surface area (Å²) in [5, 5.41) is 11.1. The summed E-state index contributed by atoms with van der Waals surface area (Å²) in [6.45, 7) is 7.91. The van der Waals surface area contributed by atoms with Gasteiger partial charge in [0.15, 0.2) is 0 Å². The number of piperidine rings is 1. The molecule has 0 aliphatic carbocycles. The number of sulfonamides is 1. The van der Waals surface area contributed by atoms with E-state index in [1.807, 2.05) is 0 Å². The number of fused-ring (bicyclic) bond motifs is 1. The van der Waals surface area contributed by atoms with Crippen molar-refractivity contribution >= 4 is 61.4 Å². The lowest BCUT2D eigenvalue weighted by atomic mass is 10.0. The molecule has 4 aliphatic heterocycles. The molecule has 60 heavy (non-hydrogen) atoms. The molecule has 3 aromatic rings. The predicted molar refractivity (Wildman–Crippen MR) is 210 cm³/mol. The number of nitrogens with one attached hydrogen (secondary N) is 1. The largest absolute Gasteiger partial charge is 0.492 e. The molecule has 1 atom stereocenters. The molecule has 3 aromatic carbocycles. The SMILES string of the molecule is CC1(C)C(=O)N(c2ccc(C#N)c(C(F)(F)F)c2)C(=S=O)N1c1ccc(OCCN2CCN(CCOc3ccc4c(c3)S(=O)(=O)N(C3CCC(=O)NC3=O)C4=O)CC2)cc1. The molecule has 1 N–H and O–H groups in total. The number of piperazine rings is 1. The number of carbonyl (C=O) groups excluding carboxylic acids is 4. The van der Waals surface area contributed by atoms with Gasteiger partial charge in [0.2, 0.25) is 11.0 Å². The number of hydrogen-bond acceptors (Lipinski definition) is 12. The van der Waals surface area contributed by atoms with Crippen LogP contribution in [0.15, 0.2) is 65.6 Å². The van der Waals surface area contributed by atoms with Gasteiger partial charge in [-0.1, -0.05) is 0 Å². The van der Waals surface area contributed by atoms with Crippen LogP contribution in [0.4, 0.5) is 24.5 Å². The zero-order valence-corrected chi connectivity index (χ0v) is 33.9. The Balaban J connectivity index is 0.878. The summed E-state index contributed by atoms with van der Waals surface area (Å²) in [5.74, 6) is -2.02. The normalized spacial score (nSPS) is 20.6. The molecule has 7 rings (SSSR count). The molecule has 0 aromatic heterocycles. The minimum Gasteiger partial charge on any atom is -0.492 e. The summed E-state index contributed by atoms with van der Waals surface area (Å²) in [4.78, 5) is 57.1. The Labute approximate surface area is 346 Å². The summed E-state index contributed by atoms with van der Waals surface area (Å²) in [6.07, 6.45) is -5.03. The average molecular weight is 870 g/mol. The average Bonchev–Trinajstić information content (AvgIpc) is 3.54. The monoisotopic (exact) mass is 869 g/mol. The molecule has 16 nitrogen and oxygen atoms in total. The summed E-state index contributed by atoms with van der Waals surface area (Å²) < 4.78 is 92.6. The van der Waals surface area contributed by atoms with E-state index in [4.69, 9.17) is 9.47 Å². The van der Waals surface area contributed by atoms with Crippen molar-refractivity contribution in [2.24, 2.45) is 0 Å². The first-order valence-electron chi connectivity index (χ1n) is 18.8. The number of rotatable bonds is 11. The fourth-order valence-corrected chi connectivity index (χ4v) is 10.0. The van der Waals surface area contributed by atoms with Gasteiger partial charge in [0.05, 0.1) is 28.4 Å². The van der Waals surface area contributed by atoms with Crippen molar-refractivity contribution < 1.29 is 54.4 Å². The van der Waals surface area contributed by atoms with E-state index in [1.54, 1.807) is 38.1 Å². The quantitative estimate of drug-likeness (QED) is 0.219. The zero-order chi connectivity index (χ0) is 43.1. The van der Waals surface area contributed by atoms with E-state index in [1.165, 1.54) is 35.2 Å². The Morgan fingerprint density at radius 3 is 2.07 bits per heavy atom. The Morgan fingerprint density at radius 1 is 0.883 bits per heavy atom. The molecule has 1 unspecified atom stereocenters. The third-order valence-corrected chi connectivity index (χ3v) is 13.1. The van der Waals surface area contributed by atoms with E-state index >= 15 is 0 Å². The molecule has 4 heterocycles. The second-order valence-electron chi connectivity index (χ2n) is 14.8. The van der Waals surface area contributed by atoms with Crippen LogP contribution >= 0.6 is 0 Å². The number of nitriles is 1. The topological polar surface area (TPSA) is 190 Å². The second-order valence-corrected chi connectivity index (χ2v) is 17.2. The van der Waals surface area contributed by atoms with Crippen molar-refractivity contribution in [2.45, 2.75) is 49.3 Å². The number of ether oxygens (including phenoxy) is 2. The number of halogens is 3. The number of alkyl halides is 3. The molecular formula is C39H38F3N7O9S2. The fraction of sp³-hybridized carbons (Fsp3) is 0.385. The number of carbonyl (C=O) groups is 4. The minimum atomic E-state index is -4.85. The molecule has 0 spiro atoms. The minimum absolute atomic E-state index is 0.0323. The second kappa shape index (κ2) is 16.3. The highest BCUT2D eigenvalue weighted by molar-refractivity contribution is 7.90. The van der Waals surface area contributed by atoms with Gasteiger partial charge >= 0.3 is 6.18 Å². The Kier molecular flexibility index (Phi) is 11.5. The molecular weight excluding hydrogens is 832 g/mol. The van der Waals surface area contributed by atoms with Crippen LogP contribution in [-0.4, -0.2) is 120 Å². The molecule has 3 fully saturated rings. The van der Waals surface area contributed by atoms with Gasteiger partial charge in [-0.15, -0.1) is 0 Å². The highest BCUT2D eigenvalue weighted by Gasteiger charge is 2.52. The van der Waals surface area contributed by atoms with Crippen LogP contribution in [0, 0.1) is 11.3 Å². The van der Waals surface area contributed by atoms with Gasteiger partial charge in [-0.2, -0.15) is 18.4 Å². The van der Waals surface area contributed by atoms with E-state index in [-0.39, 0.29) is 57.7 Å². The van der Waals surface area contributed by atoms with Crippen molar-refractivity contribution in [1.29, 1.82) is 5.26 Å². The van der Waals surface area contributed by atoms with E-state index in [9.17, 15) is 50.2 Å². The van der Waals surface area contributed by atoms with E-state index in [0.717, 1.165) is 37.1 Å². The standard InChI is InChI=1S/C39H38F3N7O9S2/c1-38(2)36(53)47(26-4-3-24(23-43)30(21-26)39(40,41)42)37(59-54)48(38)25-5-7-27(8-6-25)57-19-17-45-13-15-46(16-14-45)18-20-58-28-9-10-29-32(22-28)60(55,56)49(35(29)52)31-11-12-33(50)44-34(31)51/h3-10,21-22,31H,11-20H2,1-2H3,(H,44,50,51). The number of hydrogen-bond donors (Lipinski definition) is 1. The molecule has 4 aliphatic rings. The summed E-state index contributed by atoms with van der Waals surface area (Å²) in [6, 6.07) is 13.9. The van der Waals surface area contributed by atoms with E-state index < -0.39 is 62.5 Å². The van der Waals surface area contributed by atoms with Gasteiger partial charge in [0.1, 0.15) is 52.4 Å². The first-order valence-corrected chi connectivity index (χ1v) is 20.9. The Bertz CT molecular complexity index is 2460. The number of anilines is 2. The van der Waals surface area contributed by atoms with Crippen molar-refractivity contribution in [3.8, 4) is 17.6 Å². The Morgan fingerprint density at radius 2 is 1.48 bits per heavy atom. The van der Waals surface area contributed by atoms with Gasteiger partial charge in [-0.3, -0.25) is 39.2 Å². The van der Waals surface area contributed by atoms with Crippen LogP contribution in [0.3, 0.4) is 0 Å². The molecule has 4 amide bonds. The van der Waals surface area contributed by atoms with Gasteiger partial charge in [-0.05, 0) is 74.9 Å². The van der Waals surface area contributed by atoms with Gasteiger partial charge < -0.3 is 14.4 Å². The smallest absolute Gasteiger partial charge is 0.417 e. The number of imide groups is 1. The van der Waals surface area contributed by atoms with Crippen LogP contribution < -0.4 is 24.6 Å². The van der Waals surface area contributed by atoms with E-state index in [0.29, 0.717) is 41.5 Å². The lowest BCUT2D eigenvalue weighted by molar-refractivity contribution is -0.138. The molecule has 21 heteroatoms. The lowest BCUT2D eigenvalue weighted by Gasteiger charge is -2.34. The third-order valence-electron chi connectivity index (χ3n) is 10.8. The van der Waals surface area contributed by atoms with Crippen molar-refractivity contribution in [3.05, 3.63) is 77.4 Å². The first-order chi connectivity index (χ1) is 28.4. The summed E-state index contributed by atoms with van der Waals surface area (Å²) >= 11 is -0.0323. The lowest BCUT2D eigenvalue weighted by Crippen LogP contribution is -2.54. The maximum atomic E-state index is 13.7. The van der Waals surface area contributed by atoms with Gasteiger partial charge in [-0.25, -0.2) is 16.9 Å². The molecule has 0 bridgehead atoms. The summed E-state index contributed by atoms with van der Waals surface area (Å²) in [5.41, 5.74) is -2.97. The third kappa shape index (κ3) is 7.94. The maximum Gasteiger partial charge on any atom is 0.417 e. The van der Waals surface area contributed by atoms with Crippen LogP contribution in [0.5, 0.6) is 11.5 Å². The van der Waals surface area contributed by atoms with E-state index in [2.05, 4.69) is 15.1 Å². The van der Waals surface area contributed by atoms with Crippen LogP contribution in [0.1, 0.15) is 48.2 Å². The first kappa shape index (κ1) is 42.3. The molecule has 316 valence electrons. The molecule has 0 saturated carbocycles. The number of nitrogens with zero attached hydrogens (tertiary/aromatic N) is 6. The summed E-state index contributed by atoms with van der Waals surface area (Å²) in [7, 11) is -4.33. The Hall–Kier alpha value is -5.82. The highest BCUT2D eigenvalue weighted by Crippen LogP contribution is 2.40. The van der Waals surface area contributed by atoms with Crippen LogP contribution in [0.25, 0.3) is 0 Å². The maximum absolute atomic E-state index is 13.7. The van der Waals surface area contributed by atoms with Crippen molar-refractivity contribution in [2.75, 3.05) is 62.3 Å². The van der Waals surface area contributed by atoms with Crippen LogP contribution in [0.2, 0.25) is 0 Å².